The number of sulfonamides is 1. The van der Waals surface area contributed by atoms with Crippen LogP contribution in [0, 0.1) is 0 Å². The SMILES string of the molecule is CSCCCCNS(=O)(=O)c1ccc(NN)cc1. The molecule has 0 spiro atoms. The first-order chi connectivity index (χ1) is 8.60. The lowest BCUT2D eigenvalue weighted by Gasteiger charge is -2.07. The van der Waals surface area contributed by atoms with E-state index in [1.54, 1.807) is 23.9 Å². The van der Waals surface area contributed by atoms with Crippen molar-refractivity contribution < 1.29 is 8.42 Å². The third-order valence-corrected chi connectivity index (χ3v) is 4.57. The number of benzene rings is 1. The van der Waals surface area contributed by atoms with Gasteiger partial charge in [0.15, 0.2) is 0 Å². The first-order valence-corrected chi connectivity index (χ1v) is 8.53. The second kappa shape index (κ2) is 7.63. The van der Waals surface area contributed by atoms with Crippen molar-refractivity contribution in [3.05, 3.63) is 24.3 Å². The predicted molar refractivity (Wildman–Crippen MR) is 77.1 cm³/mol. The van der Waals surface area contributed by atoms with Gasteiger partial charge < -0.3 is 5.43 Å². The summed E-state index contributed by atoms with van der Waals surface area (Å²) >= 11 is 1.76. The first-order valence-electron chi connectivity index (χ1n) is 5.65. The second-order valence-electron chi connectivity index (χ2n) is 3.77. The quantitative estimate of drug-likeness (QED) is 0.383. The number of hydrazine groups is 1. The molecule has 0 saturated heterocycles. The van der Waals surface area contributed by atoms with Gasteiger partial charge in [-0.1, -0.05) is 0 Å². The number of hydrogen-bond acceptors (Lipinski definition) is 5. The maximum atomic E-state index is 11.9. The molecule has 0 amide bonds. The summed E-state index contributed by atoms with van der Waals surface area (Å²) in [6.45, 7) is 0.472. The van der Waals surface area contributed by atoms with Crippen LogP contribution < -0.4 is 16.0 Å². The van der Waals surface area contributed by atoms with Gasteiger partial charge in [0.25, 0.3) is 0 Å². The Bertz CT molecular complexity index is 446. The number of nitrogen functional groups attached to an aromatic ring is 1. The molecule has 0 bridgehead atoms. The Morgan fingerprint density at radius 3 is 2.44 bits per heavy atom. The predicted octanol–water partition coefficient (Wildman–Crippen LogP) is 1.39. The van der Waals surface area contributed by atoms with Crippen LogP contribution in [0.2, 0.25) is 0 Å². The third-order valence-electron chi connectivity index (χ3n) is 2.40. The Morgan fingerprint density at radius 1 is 1.22 bits per heavy atom. The number of anilines is 1. The van der Waals surface area contributed by atoms with Gasteiger partial charge in [0.1, 0.15) is 0 Å². The van der Waals surface area contributed by atoms with Gasteiger partial charge in [0, 0.05) is 12.2 Å². The summed E-state index contributed by atoms with van der Waals surface area (Å²) in [5.74, 6) is 6.27. The van der Waals surface area contributed by atoms with Gasteiger partial charge in [-0.25, -0.2) is 13.1 Å². The summed E-state index contributed by atoms with van der Waals surface area (Å²) in [4.78, 5) is 0.256. The van der Waals surface area contributed by atoms with E-state index >= 15 is 0 Å². The van der Waals surface area contributed by atoms with E-state index in [-0.39, 0.29) is 4.90 Å². The monoisotopic (exact) mass is 289 g/mol. The lowest BCUT2D eigenvalue weighted by Crippen LogP contribution is -2.24. The lowest BCUT2D eigenvalue weighted by molar-refractivity contribution is 0.578. The van der Waals surface area contributed by atoms with Crippen LogP contribution in [-0.4, -0.2) is 27.0 Å². The van der Waals surface area contributed by atoms with Gasteiger partial charge in [0.05, 0.1) is 4.90 Å². The van der Waals surface area contributed by atoms with Crippen LogP contribution in [-0.2, 0) is 10.0 Å². The van der Waals surface area contributed by atoms with Gasteiger partial charge in [-0.05, 0) is 49.1 Å². The smallest absolute Gasteiger partial charge is 0.240 e. The Hall–Kier alpha value is -0.760. The maximum Gasteiger partial charge on any atom is 0.240 e. The van der Waals surface area contributed by atoms with Gasteiger partial charge in [-0.3, -0.25) is 5.84 Å². The summed E-state index contributed by atoms with van der Waals surface area (Å²) in [6, 6.07) is 6.31. The van der Waals surface area contributed by atoms with Crippen LogP contribution in [0.4, 0.5) is 5.69 Å². The van der Waals surface area contributed by atoms with Gasteiger partial charge in [-0.2, -0.15) is 11.8 Å². The van der Waals surface area contributed by atoms with Crippen molar-refractivity contribution in [3.8, 4) is 0 Å². The number of unbranched alkanes of at least 4 members (excludes halogenated alkanes) is 1. The Balaban J connectivity index is 2.51. The average molecular weight is 289 g/mol. The molecule has 0 radical (unpaired) electrons. The highest BCUT2D eigenvalue weighted by Gasteiger charge is 2.12. The summed E-state index contributed by atoms with van der Waals surface area (Å²) in [6.07, 6.45) is 3.90. The molecule has 1 aromatic rings. The number of nitrogens with two attached hydrogens (primary N) is 1. The fourth-order valence-electron chi connectivity index (χ4n) is 1.39. The molecule has 102 valence electrons. The summed E-state index contributed by atoms with van der Waals surface area (Å²) in [7, 11) is -3.40. The molecule has 18 heavy (non-hydrogen) atoms. The molecule has 4 N–H and O–H groups in total. The van der Waals surface area contributed by atoms with E-state index in [1.807, 2.05) is 6.26 Å². The second-order valence-corrected chi connectivity index (χ2v) is 6.52. The van der Waals surface area contributed by atoms with Crippen molar-refractivity contribution in [3.63, 3.8) is 0 Å². The van der Waals surface area contributed by atoms with Crippen molar-refractivity contribution in [2.45, 2.75) is 17.7 Å². The van der Waals surface area contributed by atoms with Crippen molar-refractivity contribution in [1.29, 1.82) is 0 Å². The highest BCUT2D eigenvalue weighted by atomic mass is 32.2. The highest BCUT2D eigenvalue weighted by molar-refractivity contribution is 7.98. The zero-order valence-corrected chi connectivity index (χ0v) is 12.0. The molecular formula is C11H19N3O2S2. The van der Waals surface area contributed by atoms with Gasteiger partial charge >= 0.3 is 0 Å². The van der Waals surface area contributed by atoms with Crippen LogP contribution >= 0.6 is 11.8 Å². The van der Waals surface area contributed by atoms with Crippen LogP contribution in [0.3, 0.4) is 0 Å². The van der Waals surface area contributed by atoms with E-state index < -0.39 is 10.0 Å². The van der Waals surface area contributed by atoms with Gasteiger partial charge in [-0.15, -0.1) is 0 Å². The largest absolute Gasteiger partial charge is 0.324 e. The van der Waals surface area contributed by atoms with Crippen molar-refractivity contribution >= 4 is 27.5 Å². The number of rotatable bonds is 8. The highest BCUT2D eigenvalue weighted by Crippen LogP contribution is 2.13. The molecule has 0 heterocycles. The Morgan fingerprint density at radius 2 is 1.89 bits per heavy atom. The van der Waals surface area contributed by atoms with E-state index in [0.29, 0.717) is 12.2 Å². The van der Waals surface area contributed by atoms with E-state index in [2.05, 4.69) is 10.1 Å². The first kappa shape index (κ1) is 15.3. The van der Waals surface area contributed by atoms with E-state index in [0.717, 1.165) is 18.6 Å². The lowest BCUT2D eigenvalue weighted by atomic mass is 10.3. The van der Waals surface area contributed by atoms with E-state index in [1.165, 1.54) is 12.1 Å². The van der Waals surface area contributed by atoms with Crippen molar-refractivity contribution in [1.82, 2.24) is 4.72 Å². The molecule has 0 unspecified atom stereocenters. The molecule has 0 aliphatic heterocycles. The summed E-state index contributed by atoms with van der Waals surface area (Å²) in [5.41, 5.74) is 3.13. The molecule has 0 aliphatic carbocycles. The molecule has 0 aliphatic rings. The van der Waals surface area contributed by atoms with Crippen LogP contribution in [0.5, 0.6) is 0 Å². The zero-order chi connectivity index (χ0) is 13.4. The molecule has 7 heteroatoms. The average Bonchev–Trinajstić information content (AvgIpc) is 2.38. The van der Waals surface area contributed by atoms with Crippen molar-refractivity contribution in [2.24, 2.45) is 5.84 Å². The zero-order valence-electron chi connectivity index (χ0n) is 10.3. The van der Waals surface area contributed by atoms with Crippen molar-refractivity contribution in [2.75, 3.05) is 24.0 Å². The fraction of sp³-hybridized carbons (Fsp3) is 0.455. The Kier molecular flexibility index (Phi) is 6.48. The van der Waals surface area contributed by atoms with Gasteiger partial charge in [0.2, 0.25) is 10.0 Å². The van der Waals surface area contributed by atoms with Crippen LogP contribution in [0.15, 0.2) is 29.2 Å². The Labute approximate surface area is 113 Å². The fourth-order valence-corrected chi connectivity index (χ4v) is 2.96. The number of hydrogen-bond donors (Lipinski definition) is 3. The molecule has 0 fully saturated rings. The summed E-state index contributed by atoms with van der Waals surface area (Å²) in [5, 5.41) is 0. The molecule has 1 aromatic carbocycles. The topological polar surface area (TPSA) is 84.2 Å². The summed E-state index contributed by atoms with van der Waals surface area (Å²) < 4.78 is 26.4. The molecule has 0 saturated carbocycles. The molecule has 0 atom stereocenters. The third kappa shape index (κ3) is 4.85. The van der Waals surface area contributed by atoms with E-state index in [9.17, 15) is 8.42 Å². The van der Waals surface area contributed by atoms with Crippen LogP contribution in [0.1, 0.15) is 12.8 Å². The normalized spacial score (nSPS) is 11.4. The minimum absolute atomic E-state index is 0.256. The van der Waals surface area contributed by atoms with E-state index in [4.69, 9.17) is 5.84 Å². The van der Waals surface area contributed by atoms with Crippen LogP contribution in [0.25, 0.3) is 0 Å². The number of thioether (sulfide) groups is 1. The standard InChI is InChI=1S/C11H19N3O2S2/c1-17-9-3-2-8-13-18(15,16)11-6-4-10(14-12)5-7-11/h4-7,13-14H,2-3,8-9,12H2,1H3. The molecular weight excluding hydrogens is 270 g/mol. The molecule has 0 aromatic heterocycles. The molecule has 1 rings (SSSR count). The minimum atomic E-state index is -3.40. The maximum absolute atomic E-state index is 11.9. The number of nitrogens with one attached hydrogen (secondary N) is 2. The minimum Gasteiger partial charge on any atom is -0.324 e. The molecule has 5 nitrogen and oxygen atoms in total.